The summed E-state index contributed by atoms with van der Waals surface area (Å²) in [5.74, 6) is -0.156. The summed E-state index contributed by atoms with van der Waals surface area (Å²) in [5, 5.41) is 3.39. The van der Waals surface area contributed by atoms with Gasteiger partial charge < -0.3 is 5.32 Å². The van der Waals surface area contributed by atoms with Crippen molar-refractivity contribution in [2.45, 2.75) is 26.3 Å². The predicted molar refractivity (Wildman–Crippen MR) is 74.4 cm³/mol. The van der Waals surface area contributed by atoms with E-state index in [1.807, 2.05) is 24.3 Å². The summed E-state index contributed by atoms with van der Waals surface area (Å²) < 4.78 is 13.2. The van der Waals surface area contributed by atoms with Crippen LogP contribution in [0.15, 0.2) is 48.5 Å². The molecule has 1 N–H and O–H groups in total. The number of aryl methyl sites for hydroxylation is 1. The largest absolute Gasteiger partial charge is 0.382 e. The summed E-state index contributed by atoms with van der Waals surface area (Å²) in [6.45, 7) is 3.91. The molecule has 2 aromatic carbocycles. The molecule has 0 radical (unpaired) electrons. The van der Waals surface area contributed by atoms with Crippen LogP contribution in [0.25, 0.3) is 0 Å². The van der Waals surface area contributed by atoms with Gasteiger partial charge >= 0.3 is 0 Å². The van der Waals surface area contributed by atoms with E-state index in [-0.39, 0.29) is 5.82 Å². The fraction of sp³-hybridized carbons (Fsp3) is 0.250. The highest BCUT2D eigenvalue weighted by Gasteiger charge is 2.04. The maximum atomic E-state index is 13.2. The van der Waals surface area contributed by atoms with Crippen molar-refractivity contribution in [3.05, 3.63) is 65.5 Å². The number of halogens is 1. The highest BCUT2D eigenvalue weighted by Crippen LogP contribution is 2.15. The summed E-state index contributed by atoms with van der Waals surface area (Å²) in [7, 11) is 0. The molecule has 0 fully saturated rings. The molecule has 94 valence electrons. The van der Waals surface area contributed by atoms with E-state index in [0.717, 1.165) is 12.1 Å². The molecule has 2 rings (SSSR count). The average Bonchev–Trinajstić information content (AvgIpc) is 2.35. The normalized spacial score (nSPS) is 12.2. The average molecular weight is 243 g/mol. The molecule has 1 unspecified atom stereocenters. The molecule has 0 aliphatic rings. The van der Waals surface area contributed by atoms with Gasteiger partial charge in [0.2, 0.25) is 0 Å². The third-order valence-corrected chi connectivity index (χ3v) is 2.96. The maximum absolute atomic E-state index is 13.2. The van der Waals surface area contributed by atoms with Crippen LogP contribution in [0.4, 0.5) is 10.1 Å². The van der Waals surface area contributed by atoms with Crippen molar-refractivity contribution >= 4 is 5.69 Å². The van der Waals surface area contributed by atoms with E-state index >= 15 is 0 Å². The molecule has 0 spiro atoms. The summed E-state index contributed by atoms with van der Waals surface area (Å²) in [6, 6.07) is 15.8. The molecule has 0 heterocycles. The van der Waals surface area contributed by atoms with Gasteiger partial charge in [0.1, 0.15) is 5.82 Å². The Kier molecular flexibility index (Phi) is 3.98. The summed E-state index contributed by atoms with van der Waals surface area (Å²) in [4.78, 5) is 0. The standard InChI is InChI=1S/C16H18FN/c1-12-10-15(8-9-16(12)17)18-13(2)11-14-6-4-3-5-7-14/h3-10,13,18H,11H2,1-2H3. The SMILES string of the molecule is Cc1cc(NC(C)Cc2ccccc2)ccc1F. The molecule has 0 aliphatic heterocycles. The fourth-order valence-corrected chi connectivity index (χ4v) is 2.04. The number of hydrogen-bond acceptors (Lipinski definition) is 1. The second kappa shape index (κ2) is 5.67. The number of nitrogens with one attached hydrogen (secondary N) is 1. The van der Waals surface area contributed by atoms with Crippen molar-refractivity contribution in [3.63, 3.8) is 0 Å². The first kappa shape index (κ1) is 12.6. The van der Waals surface area contributed by atoms with Gasteiger partial charge in [-0.25, -0.2) is 4.39 Å². The van der Waals surface area contributed by atoms with Crippen LogP contribution in [-0.4, -0.2) is 6.04 Å². The second-order valence-corrected chi connectivity index (χ2v) is 4.70. The van der Waals surface area contributed by atoms with Crippen molar-refractivity contribution in [2.75, 3.05) is 5.32 Å². The van der Waals surface area contributed by atoms with Gasteiger partial charge in [0.05, 0.1) is 0 Å². The van der Waals surface area contributed by atoms with Crippen LogP contribution in [0.3, 0.4) is 0 Å². The molecular weight excluding hydrogens is 225 g/mol. The Bertz CT molecular complexity index is 508. The first-order chi connectivity index (χ1) is 8.65. The molecule has 0 saturated heterocycles. The zero-order valence-corrected chi connectivity index (χ0v) is 10.8. The van der Waals surface area contributed by atoms with Crippen LogP contribution >= 0.6 is 0 Å². The van der Waals surface area contributed by atoms with Crippen molar-refractivity contribution in [2.24, 2.45) is 0 Å². The van der Waals surface area contributed by atoms with Crippen molar-refractivity contribution in [1.29, 1.82) is 0 Å². The van der Waals surface area contributed by atoms with Gasteiger partial charge in [-0.1, -0.05) is 30.3 Å². The maximum Gasteiger partial charge on any atom is 0.126 e. The summed E-state index contributed by atoms with van der Waals surface area (Å²) in [6.07, 6.45) is 0.956. The lowest BCUT2D eigenvalue weighted by atomic mass is 10.1. The van der Waals surface area contributed by atoms with Crippen molar-refractivity contribution < 1.29 is 4.39 Å². The number of hydrogen-bond donors (Lipinski definition) is 1. The third-order valence-electron chi connectivity index (χ3n) is 2.96. The minimum atomic E-state index is -0.156. The van der Waals surface area contributed by atoms with Crippen LogP contribution in [0.2, 0.25) is 0 Å². The lowest BCUT2D eigenvalue weighted by Gasteiger charge is -2.16. The Balaban J connectivity index is 1.99. The van der Waals surface area contributed by atoms with E-state index < -0.39 is 0 Å². The van der Waals surface area contributed by atoms with Gasteiger partial charge in [0.25, 0.3) is 0 Å². The minimum absolute atomic E-state index is 0.156. The molecule has 0 amide bonds. The molecule has 0 aromatic heterocycles. The first-order valence-corrected chi connectivity index (χ1v) is 6.22. The molecule has 0 bridgehead atoms. The highest BCUT2D eigenvalue weighted by atomic mass is 19.1. The van der Waals surface area contributed by atoms with E-state index in [9.17, 15) is 4.39 Å². The molecule has 2 heteroatoms. The van der Waals surface area contributed by atoms with E-state index in [1.54, 1.807) is 13.0 Å². The third kappa shape index (κ3) is 3.33. The van der Waals surface area contributed by atoms with E-state index in [1.165, 1.54) is 11.6 Å². The molecule has 1 nitrogen and oxygen atoms in total. The monoisotopic (exact) mass is 243 g/mol. The number of anilines is 1. The molecule has 1 atom stereocenters. The van der Waals surface area contributed by atoms with E-state index in [4.69, 9.17) is 0 Å². The van der Waals surface area contributed by atoms with Crippen LogP contribution in [0, 0.1) is 12.7 Å². The highest BCUT2D eigenvalue weighted by molar-refractivity contribution is 5.46. The van der Waals surface area contributed by atoms with Gasteiger partial charge in [-0.2, -0.15) is 0 Å². The Morgan fingerprint density at radius 3 is 2.50 bits per heavy atom. The van der Waals surface area contributed by atoms with E-state index in [0.29, 0.717) is 11.6 Å². The molecule has 0 aliphatic carbocycles. The van der Waals surface area contributed by atoms with Crippen LogP contribution in [0.1, 0.15) is 18.1 Å². The fourth-order valence-electron chi connectivity index (χ4n) is 2.04. The van der Waals surface area contributed by atoms with Gasteiger partial charge in [0.15, 0.2) is 0 Å². The quantitative estimate of drug-likeness (QED) is 0.849. The summed E-state index contributed by atoms with van der Waals surface area (Å²) >= 11 is 0. The summed E-state index contributed by atoms with van der Waals surface area (Å²) in [5.41, 5.74) is 2.94. The van der Waals surface area contributed by atoms with Crippen molar-refractivity contribution in [1.82, 2.24) is 0 Å². The lowest BCUT2D eigenvalue weighted by Crippen LogP contribution is -2.18. The Morgan fingerprint density at radius 1 is 1.11 bits per heavy atom. The van der Waals surface area contributed by atoms with Crippen molar-refractivity contribution in [3.8, 4) is 0 Å². The number of rotatable bonds is 4. The topological polar surface area (TPSA) is 12.0 Å². The lowest BCUT2D eigenvalue weighted by molar-refractivity contribution is 0.618. The Labute approximate surface area is 108 Å². The molecule has 0 saturated carbocycles. The van der Waals surface area contributed by atoms with Gasteiger partial charge in [-0.15, -0.1) is 0 Å². The second-order valence-electron chi connectivity index (χ2n) is 4.70. The molecule has 2 aromatic rings. The Morgan fingerprint density at radius 2 is 1.83 bits per heavy atom. The van der Waals surface area contributed by atoms with Crippen LogP contribution in [-0.2, 0) is 6.42 Å². The first-order valence-electron chi connectivity index (χ1n) is 6.22. The van der Waals surface area contributed by atoms with Gasteiger partial charge in [-0.05, 0) is 49.6 Å². The zero-order valence-electron chi connectivity index (χ0n) is 10.8. The van der Waals surface area contributed by atoms with Gasteiger partial charge in [0, 0.05) is 11.7 Å². The Hall–Kier alpha value is -1.83. The zero-order chi connectivity index (χ0) is 13.0. The predicted octanol–water partition coefficient (Wildman–Crippen LogP) is 4.18. The smallest absolute Gasteiger partial charge is 0.126 e. The van der Waals surface area contributed by atoms with E-state index in [2.05, 4.69) is 24.4 Å². The van der Waals surface area contributed by atoms with Crippen LogP contribution in [0.5, 0.6) is 0 Å². The minimum Gasteiger partial charge on any atom is -0.382 e. The molecular formula is C16H18FN. The molecule has 18 heavy (non-hydrogen) atoms. The van der Waals surface area contributed by atoms with Gasteiger partial charge in [-0.3, -0.25) is 0 Å². The van der Waals surface area contributed by atoms with Crippen LogP contribution < -0.4 is 5.32 Å². The number of benzene rings is 2.